The van der Waals surface area contributed by atoms with Crippen molar-refractivity contribution in [1.29, 1.82) is 0 Å². The van der Waals surface area contributed by atoms with E-state index in [4.69, 9.17) is 4.74 Å². The monoisotopic (exact) mass is 296 g/mol. The summed E-state index contributed by atoms with van der Waals surface area (Å²) in [5, 5.41) is 7.67. The lowest BCUT2D eigenvalue weighted by atomic mass is 10.3. The van der Waals surface area contributed by atoms with Gasteiger partial charge in [-0.25, -0.2) is 4.79 Å². The SMILES string of the molecule is CN(CCOC(=O)c1ccc2nncn2c1)c1ccccc1. The van der Waals surface area contributed by atoms with Gasteiger partial charge in [-0.1, -0.05) is 18.2 Å². The fraction of sp³-hybridized carbons (Fsp3) is 0.188. The van der Waals surface area contributed by atoms with E-state index in [2.05, 4.69) is 10.2 Å². The molecule has 3 aromatic rings. The molecular weight excluding hydrogens is 280 g/mol. The topological polar surface area (TPSA) is 59.7 Å². The number of anilines is 1. The Bertz CT molecular complexity index is 770. The zero-order valence-electron chi connectivity index (χ0n) is 12.2. The fourth-order valence-electron chi connectivity index (χ4n) is 2.12. The Morgan fingerprint density at radius 2 is 2.05 bits per heavy atom. The minimum absolute atomic E-state index is 0.324. The van der Waals surface area contributed by atoms with Gasteiger partial charge in [-0.05, 0) is 24.3 Å². The van der Waals surface area contributed by atoms with Crippen molar-refractivity contribution in [3.8, 4) is 0 Å². The Balaban J connectivity index is 1.56. The molecule has 0 fully saturated rings. The number of pyridine rings is 1. The molecule has 22 heavy (non-hydrogen) atoms. The highest BCUT2D eigenvalue weighted by molar-refractivity contribution is 5.89. The summed E-state index contributed by atoms with van der Waals surface area (Å²) < 4.78 is 7.00. The van der Waals surface area contributed by atoms with E-state index in [1.165, 1.54) is 0 Å². The van der Waals surface area contributed by atoms with Gasteiger partial charge in [-0.15, -0.1) is 10.2 Å². The predicted molar refractivity (Wildman–Crippen MR) is 83.0 cm³/mol. The number of likely N-dealkylation sites (N-methyl/N-ethyl adjacent to an activating group) is 1. The summed E-state index contributed by atoms with van der Waals surface area (Å²) in [6.07, 6.45) is 3.22. The van der Waals surface area contributed by atoms with Gasteiger partial charge in [0.15, 0.2) is 5.65 Å². The van der Waals surface area contributed by atoms with E-state index in [-0.39, 0.29) is 5.97 Å². The second-order valence-corrected chi connectivity index (χ2v) is 4.91. The molecule has 0 saturated heterocycles. The average Bonchev–Trinajstić information content (AvgIpc) is 3.03. The molecule has 0 aliphatic heterocycles. The number of carbonyl (C=O) groups is 1. The number of hydrogen-bond donors (Lipinski definition) is 0. The van der Waals surface area contributed by atoms with E-state index in [1.807, 2.05) is 42.3 Å². The summed E-state index contributed by atoms with van der Waals surface area (Å²) in [4.78, 5) is 14.1. The number of rotatable bonds is 5. The molecule has 0 spiro atoms. The summed E-state index contributed by atoms with van der Waals surface area (Å²) in [5.41, 5.74) is 2.26. The molecular formula is C16H16N4O2. The van der Waals surface area contributed by atoms with Crippen LogP contribution >= 0.6 is 0 Å². The Morgan fingerprint density at radius 1 is 1.23 bits per heavy atom. The predicted octanol–water partition coefficient (Wildman–Crippen LogP) is 2.02. The first kappa shape index (κ1) is 14.1. The molecule has 0 unspecified atom stereocenters. The highest BCUT2D eigenvalue weighted by Gasteiger charge is 2.09. The number of aromatic nitrogens is 3. The van der Waals surface area contributed by atoms with Crippen LogP contribution in [-0.2, 0) is 4.74 Å². The average molecular weight is 296 g/mol. The first-order valence-corrected chi connectivity index (χ1v) is 6.97. The Labute approximate surface area is 128 Å². The van der Waals surface area contributed by atoms with Crippen LogP contribution in [0.3, 0.4) is 0 Å². The third kappa shape index (κ3) is 3.06. The van der Waals surface area contributed by atoms with Crippen LogP contribution in [0.5, 0.6) is 0 Å². The highest BCUT2D eigenvalue weighted by Crippen LogP contribution is 2.10. The molecule has 3 rings (SSSR count). The summed E-state index contributed by atoms with van der Waals surface area (Å²) >= 11 is 0. The first-order valence-electron chi connectivity index (χ1n) is 6.97. The number of nitrogens with zero attached hydrogens (tertiary/aromatic N) is 4. The summed E-state index contributed by atoms with van der Waals surface area (Å²) in [7, 11) is 1.96. The lowest BCUT2D eigenvalue weighted by Crippen LogP contribution is -2.23. The van der Waals surface area contributed by atoms with Crippen LogP contribution in [0.2, 0.25) is 0 Å². The van der Waals surface area contributed by atoms with Gasteiger partial charge < -0.3 is 9.64 Å². The van der Waals surface area contributed by atoms with Crippen LogP contribution in [0.4, 0.5) is 5.69 Å². The minimum atomic E-state index is -0.350. The molecule has 112 valence electrons. The second-order valence-electron chi connectivity index (χ2n) is 4.91. The molecule has 0 N–H and O–H groups in total. The van der Waals surface area contributed by atoms with Crippen molar-refractivity contribution in [2.24, 2.45) is 0 Å². The normalized spacial score (nSPS) is 10.6. The number of carbonyl (C=O) groups excluding carboxylic acids is 1. The van der Waals surface area contributed by atoms with Gasteiger partial charge in [0, 0.05) is 18.9 Å². The van der Waals surface area contributed by atoms with E-state index in [0.717, 1.165) is 5.69 Å². The lowest BCUT2D eigenvalue weighted by Gasteiger charge is -2.18. The van der Waals surface area contributed by atoms with Gasteiger partial charge in [-0.3, -0.25) is 4.40 Å². The third-order valence-corrected chi connectivity index (χ3v) is 3.38. The van der Waals surface area contributed by atoms with Crippen LogP contribution in [0.25, 0.3) is 5.65 Å². The second kappa shape index (κ2) is 6.26. The number of esters is 1. The maximum absolute atomic E-state index is 12.0. The van der Waals surface area contributed by atoms with Crippen molar-refractivity contribution in [3.05, 3.63) is 60.6 Å². The van der Waals surface area contributed by atoms with Crippen molar-refractivity contribution < 1.29 is 9.53 Å². The zero-order chi connectivity index (χ0) is 15.4. The fourth-order valence-corrected chi connectivity index (χ4v) is 2.12. The largest absolute Gasteiger partial charge is 0.460 e. The summed E-state index contributed by atoms with van der Waals surface area (Å²) in [6, 6.07) is 13.4. The van der Waals surface area contributed by atoms with Gasteiger partial charge >= 0.3 is 5.97 Å². The molecule has 0 radical (unpaired) electrons. The van der Waals surface area contributed by atoms with E-state index in [1.54, 1.807) is 29.1 Å². The van der Waals surface area contributed by atoms with E-state index in [0.29, 0.717) is 24.4 Å². The Morgan fingerprint density at radius 3 is 2.86 bits per heavy atom. The van der Waals surface area contributed by atoms with E-state index < -0.39 is 0 Å². The molecule has 6 heteroatoms. The molecule has 0 aliphatic carbocycles. The molecule has 0 amide bonds. The molecule has 0 bridgehead atoms. The first-order chi connectivity index (χ1) is 10.7. The van der Waals surface area contributed by atoms with Crippen molar-refractivity contribution in [2.45, 2.75) is 0 Å². The zero-order valence-corrected chi connectivity index (χ0v) is 12.2. The van der Waals surface area contributed by atoms with Crippen LogP contribution in [0, 0.1) is 0 Å². The molecule has 0 atom stereocenters. The maximum atomic E-state index is 12.0. The van der Waals surface area contributed by atoms with Crippen molar-refractivity contribution in [2.75, 3.05) is 25.1 Å². The maximum Gasteiger partial charge on any atom is 0.339 e. The smallest absolute Gasteiger partial charge is 0.339 e. The van der Waals surface area contributed by atoms with Gasteiger partial charge in [0.1, 0.15) is 12.9 Å². The Hall–Kier alpha value is -2.89. The summed E-state index contributed by atoms with van der Waals surface area (Å²) in [6.45, 7) is 0.953. The van der Waals surface area contributed by atoms with E-state index >= 15 is 0 Å². The quantitative estimate of drug-likeness (QED) is 0.674. The van der Waals surface area contributed by atoms with E-state index in [9.17, 15) is 4.79 Å². The van der Waals surface area contributed by atoms with Crippen LogP contribution in [0.15, 0.2) is 55.0 Å². The van der Waals surface area contributed by atoms with Crippen molar-refractivity contribution in [3.63, 3.8) is 0 Å². The van der Waals surface area contributed by atoms with Gasteiger partial charge in [0.2, 0.25) is 0 Å². The molecule has 2 aromatic heterocycles. The van der Waals surface area contributed by atoms with Crippen molar-refractivity contribution in [1.82, 2.24) is 14.6 Å². The van der Waals surface area contributed by atoms with Crippen LogP contribution < -0.4 is 4.90 Å². The minimum Gasteiger partial charge on any atom is -0.460 e. The number of para-hydroxylation sites is 1. The molecule has 2 heterocycles. The lowest BCUT2D eigenvalue weighted by molar-refractivity contribution is 0.0515. The molecule has 6 nitrogen and oxygen atoms in total. The van der Waals surface area contributed by atoms with Gasteiger partial charge in [-0.2, -0.15) is 0 Å². The number of ether oxygens (including phenoxy) is 1. The Kier molecular flexibility index (Phi) is 4.00. The van der Waals surface area contributed by atoms with Gasteiger partial charge in [0.05, 0.1) is 12.1 Å². The van der Waals surface area contributed by atoms with Gasteiger partial charge in [0.25, 0.3) is 0 Å². The number of hydrogen-bond acceptors (Lipinski definition) is 5. The molecule has 0 saturated carbocycles. The third-order valence-electron chi connectivity index (χ3n) is 3.38. The molecule has 1 aromatic carbocycles. The highest BCUT2D eigenvalue weighted by atomic mass is 16.5. The molecule has 0 aliphatic rings. The van der Waals surface area contributed by atoms with Crippen LogP contribution in [0.1, 0.15) is 10.4 Å². The summed E-state index contributed by atoms with van der Waals surface area (Å²) in [5.74, 6) is -0.350. The number of fused-ring (bicyclic) bond motifs is 1. The standard InChI is InChI=1S/C16H16N4O2/c1-19(14-5-3-2-4-6-14)9-10-22-16(21)13-7-8-15-18-17-12-20(15)11-13/h2-8,11-12H,9-10H2,1H3. The number of benzene rings is 1. The van der Waals surface area contributed by atoms with Crippen LogP contribution in [-0.4, -0.2) is 40.8 Å². The van der Waals surface area contributed by atoms with Crippen molar-refractivity contribution >= 4 is 17.3 Å².